The lowest BCUT2D eigenvalue weighted by molar-refractivity contribution is 0.276. The Hall–Kier alpha value is -2.31. The molecule has 0 spiro atoms. The van der Waals surface area contributed by atoms with Crippen LogP contribution in [0.5, 0.6) is 11.5 Å². The lowest BCUT2D eigenvalue weighted by Crippen LogP contribution is -1.92. The van der Waals surface area contributed by atoms with Crippen molar-refractivity contribution in [3.05, 3.63) is 59.2 Å². The largest absolute Gasteiger partial charge is 0.457 e. The van der Waals surface area contributed by atoms with Crippen molar-refractivity contribution >= 4 is 0 Å². The van der Waals surface area contributed by atoms with Crippen LogP contribution in [0.15, 0.2) is 42.5 Å². The summed E-state index contributed by atoms with van der Waals surface area (Å²) in [6, 6.07) is 14.7. The number of aryl methyl sites for hydroxylation is 1. The average molecular weight is 239 g/mol. The lowest BCUT2D eigenvalue weighted by atomic mass is 10.1. The molecule has 0 fully saturated rings. The van der Waals surface area contributed by atoms with E-state index in [9.17, 15) is 5.11 Å². The molecule has 0 aliphatic rings. The molecule has 3 nitrogen and oxygen atoms in total. The molecule has 0 saturated heterocycles. The molecule has 2 aromatic rings. The van der Waals surface area contributed by atoms with Crippen LogP contribution < -0.4 is 4.74 Å². The van der Waals surface area contributed by atoms with Crippen LogP contribution in [0.25, 0.3) is 0 Å². The molecule has 0 aliphatic heterocycles. The maximum atomic E-state index is 9.21. The van der Waals surface area contributed by atoms with E-state index in [1.54, 1.807) is 18.2 Å². The minimum atomic E-state index is -0.0641. The van der Waals surface area contributed by atoms with Crippen molar-refractivity contribution < 1.29 is 9.84 Å². The van der Waals surface area contributed by atoms with Gasteiger partial charge in [0, 0.05) is 5.56 Å². The highest BCUT2D eigenvalue weighted by Gasteiger charge is 2.05. The topological polar surface area (TPSA) is 53.2 Å². The van der Waals surface area contributed by atoms with E-state index in [1.165, 1.54) is 0 Å². The normalized spacial score (nSPS) is 9.83. The average Bonchev–Trinajstić information content (AvgIpc) is 2.39. The fourth-order valence-corrected chi connectivity index (χ4v) is 1.69. The molecule has 0 bridgehead atoms. The van der Waals surface area contributed by atoms with E-state index in [2.05, 4.69) is 6.07 Å². The van der Waals surface area contributed by atoms with E-state index in [0.29, 0.717) is 17.1 Å². The molecule has 3 heteroatoms. The van der Waals surface area contributed by atoms with Crippen molar-refractivity contribution in [1.29, 1.82) is 5.26 Å². The van der Waals surface area contributed by atoms with Crippen molar-refractivity contribution in [3.63, 3.8) is 0 Å². The first-order chi connectivity index (χ1) is 8.74. The van der Waals surface area contributed by atoms with Crippen molar-refractivity contribution in [2.24, 2.45) is 0 Å². The molecular formula is C15H13NO2. The summed E-state index contributed by atoms with van der Waals surface area (Å²) in [5.74, 6) is 1.29. The highest BCUT2D eigenvalue weighted by atomic mass is 16.5. The monoisotopic (exact) mass is 239 g/mol. The first-order valence-corrected chi connectivity index (χ1v) is 5.62. The Morgan fingerprint density at radius 3 is 2.67 bits per heavy atom. The Morgan fingerprint density at radius 1 is 1.22 bits per heavy atom. The molecule has 0 unspecified atom stereocenters. The van der Waals surface area contributed by atoms with E-state index in [4.69, 9.17) is 10.00 Å². The van der Waals surface area contributed by atoms with Gasteiger partial charge in [-0.3, -0.25) is 0 Å². The molecule has 2 aromatic carbocycles. The van der Waals surface area contributed by atoms with Crippen molar-refractivity contribution in [3.8, 4) is 17.6 Å². The van der Waals surface area contributed by atoms with Gasteiger partial charge >= 0.3 is 0 Å². The summed E-state index contributed by atoms with van der Waals surface area (Å²) < 4.78 is 5.71. The predicted molar refractivity (Wildman–Crippen MR) is 68.3 cm³/mol. The zero-order valence-corrected chi connectivity index (χ0v) is 10.1. The fourth-order valence-electron chi connectivity index (χ4n) is 1.69. The number of aliphatic hydroxyl groups excluding tert-OH is 1. The highest BCUT2D eigenvalue weighted by Crippen LogP contribution is 2.26. The van der Waals surface area contributed by atoms with E-state index in [1.807, 2.05) is 31.2 Å². The summed E-state index contributed by atoms with van der Waals surface area (Å²) in [7, 11) is 0. The fraction of sp³-hybridized carbons (Fsp3) is 0.133. The smallest absolute Gasteiger partial charge is 0.132 e. The number of para-hydroxylation sites is 1. The number of hydrogen-bond donors (Lipinski definition) is 1. The molecule has 2 rings (SSSR count). The number of rotatable bonds is 3. The molecule has 1 N–H and O–H groups in total. The molecule has 0 saturated carbocycles. The third-order valence-corrected chi connectivity index (χ3v) is 2.69. The molecule has 0 aliphatic carbocycles. The van der Waals surface area contributed by atoms with Crippen molar-refractivity contribution in [1.82, 2.24) is 0 Å². The molecule has 0 heterocycles. The molecule has 18 heavy (non-hydrogen) atoms. The van der Waals surface area contributed by atoms with Gasteiger partial charge in [-0.25, -0.2) is 0 Å². The van der Waals surface area contributed by atoms with Gasteiger partial charge in [0.05, 0.1) is 18.2 Å². The Balaban J connectivity index is 2.29. The van der Waals surface area contributed by atoms with Crippen LogP contribution in [-0.4, -0.2) is 5.11 Å². The summed E-state index contributed by atoms with van der Waals surface area (Å²) >= 11 is 0. The molecule has 0 amide bonds. The zero-order valence-electron chi connectivity index (χ0n) is 10.1. The van der Waals surface area contributed by atoms with Gasteiger partial charge in [-0.15, -0.1) is 0 Å². The second-order valence-electron chi connectivity index (χ2n) is 3.96. The zero-order chi connectivity index (χ0) is 13.0. The Labute approximate surface area is 106 Å². The van der Waals surface area contributed by atoms with Crippen LogP contribution in [0.1, 0.15) is 16.7 Å². The summed E-state index contributed by atoms with van der Waals surface area (Å²) in [6.07, 6.45) is 0. The van der Waals surface area contributed by atoms with Crippen LogP contribution in [0, 0.1) is 18.3 Å². The number of ether oxygens (including phenoxy) is 1. The molecule has 0 radical (unpaired) electrons. The third kappa shape index (κ3) is 2.50. The number of benzene rings is 2. The lowest BCUT2D eigenvalue weighted by Gasteiger charge is -2.10. The standard InChI is InChI=1S/C15H13NO2/c1-11-8-14(7-6-12(11)9-16)18-15-5-3-2-4-13(15)10-17/h2-8,17H,10H2,1H3. The van der Waals surface area contributed by atoms with E-state index in [0.717, 1.165) is 11.1 Å². The summed E-state index contributed by atoms with van der Waals surface area (Å²) in [4.78, 5) is 0. The molecule has 0 atom stereocenters. The maximum absolute atomic E-state index is 9.21. The quantitative estimate of drug-likeness (QED) is 0.895. The van der Waals surface area contributed by atoms with Crippen LogP contribution in [0.2, 0.25) is 0 Å². The molecule has 0 aromatic heterocycles. The summed E-state index contributed by atoms with van der Waals surface area (Å²) in [5.41, 5.74) is 2.24. The van der Waals surface area contributed by atoms with Crippen molar-refractivity contribution in [2.45, 2.75) is 13.5 Å². The minimum absolute atomic E-state index is 0.0641. The van der Waals surface area contributed by atoms with Gasteiger partial charge in [-0.1, -0.05) is 18.2 Å². The predicted octanol–water partition coefficient (Wildman–Crippen LogP) is 3.15. The number of aliphatic hydroxyl groups is 1. The number of nitriles is 1. The summed E-state index contributed by atoms with van der Waals surface area (Å²) in [6.45, 7) is 1.80. The minimum Gasteiger partial charge on any atom is -0.457 e. The van der Waals surface area contributed by atoms with Crippen LogP contribution in [0.3, 0.4) is 0 Å². The van der Waals surface area contributed by atoms with E-state index >= 15 is 0 Å². The number of hydrogen-bond acceptors (Lipinski definition) is 3. The highest BCUT2D eigenvalue weighted by molar-refractivity contribution is 5.44. The molecular weight excluding hydrogens is 226 g/mol. The second-order valence-corrected chi connectivity index (χ2v) is 3.96. The van der Waals surface area contributed by atoms with Gasteiger partial charge in [-0.2, -0.15) is 5.26 Å². The van der Waals surface area contributed by atoms with Crippen LogP contribution >= 0.6 is 0 Å². The Bertz CT molecular complexity index is 600. The summed E-state index contributed by atoms with van der Waals surface area (Å²) in [5, 5.41) is 18.1. The van der Waals surface area contributed by atoms with E-state index < -0.39 is 0 Å². The second kappa shape index (κ2) is 5.35. The van der Waals surface area contributed by atoms with E-state index in [-0.39, 0.29) is 6.61 Å². The number of nitrogens with zero attached hydrogens (tertiary/aromatic N) is 1. The maximum Gasteiger partial charge on any atom is 0.132 e. The van der Waals surface area contributed by atoms with Crippen LogP contribution in [-0.2, 0) is 6.61 Å². The van der Waals surface area contributed by atoms with Gasteiger partial charge < -0.3 is 9.84 Å². The third-order valence-electron chi connectivity index (χ3n) is 2.69. The first kappa shape index (κ1) is 12.2. The van der Waals surface area contributed by atoms with Gasteiger partial charge in [0.15, 0.2) is 0 Å². The SMILES string of the molecule is Cc1cc(Oc2ccccc2CO)ccc1C#N. The Kier molecular flexibility index (Phi) is 3.61. The first-order valence-electron chi connectivity index (χ1n) is 5.62. The Morgan fingerprint density at radius 2 is 2.00 bits per heavy atom. The van der Waals surface area contributed by atoms with Crippen molar-refractivity contribution in [2.75, 3.05) is 0 Å². The van der Waals surface area contributed by atoms with Gasteiger partial charge in [0.25, 0.3) is 0 Å². The van der Waals surface area contributed by atoms with Gasteiger partial charge in [0.2, 0.25) is 0 Å². The van der Waals surface area contributed by atoms with Gasteiger partial charge in [0.1, 0.15) is 11.5 Å². The van der Waals surface area contributed by atoms with Crippen LogP contribution in [0.4, 0.5) is 0 Å². The molecule has 90 valence electrons. The van der Waals surface area contributed by atoms with Gasteiger partial charge in [-0.05, 0) is 36.8 Å².